The van der Waals surface area contributed by atoms with Crippen molar-refractivity contribution in [3.63, 3.8) is 0 Å². The lowest BCUT2D eigenvalue weighted by Crippen LogP contribution is -2.55. The zero-order valence-electron chi connectivity index (χ0n) is 11.9. The summed E-state index contributed by atoms with van der Waals surface area (Å²) in [6, 6.07) is 0.446. The van der Waals surface area contributed by atoms with Gasteiger partial charge in [-0.3, -0.25) is 0 Å². The molecule has 1 saturated heterocycles. The van der Waals surface area contributed by atoms with Crippen LogP contribution < -0.4 is 5.32 Å². The summed E-state index contributed by atoms with van der Waals surface area (Å²) in [7, 11) is 1.84. The van der Waals surface area contributed by atoms with Gasteiger partial charge in [0, 0.05) is 26.4 Å². The second kappa shape index (κ2) is 7.34. The lowest BCUT2D eigenvalue weighted by Gasteiger charge is -2.42. The van der Waals surface area contributed by atoms with E-state index < -0.39 is 0 Å². The number of nitrogens with one attached hydrogen (secondary N) is 1. The van der Waals surface area contributed by atoms with Crippen LogP contribution in [0.4, 0.5) is 0 Å². The van der Waals surface area contributed by atoms with Gasteiger partial charge in [0.05, 0.1) is 5.60 Å². The zero-order valence-corrected chi connectivity index (χ0v) is 11.9. The molecule has 2 unspecified atom stereocenters. The second-order valence-electron chi connectivity index (χ2n) is 5.25. The Hall–Kier alpha value is -0.120. The summed E-state index contributed by atoms with van der Waals surface area (Å²) in [6.07, 6.45) is 4.52. The highest BCUT2D eigenvalue weighted by Gasteiger charge is 2.38. The van der Waals surface area contributed by atoms with Crippen molar-refractivity contribution in [1.29, 1.82) is 0 Å². The zero-order chi connectivity index (χ0) is 12.7. The Kier molecular flexibility index (Phi) is 6.45. The number of ether oxygens (including phenoxy) is 2. The minimum Gasteiger partial charge on any atom is -0.381 e. The van der Waals surface area contributed by atoms with Gasteiger partial charge in [0.2, 0.25) is 0 Å². The Balaban J connectivity index is 2.69. The molecule has 3 heteroatoms. The molecule has 0 aromatic heterocycles. The summed E-state index contributed by atoms with van der Waals surface area (Å²) in [6.45, 7) is 9.53. The van der Waals surface area contributed by atoms with Crippen LogP contribution >= 0.6 is 0 Å². The van der Waals surface area contributed by atoms with Crippen molar-refractivity contribution in [2.45, 2.75) is 58.1 Å². The van der Waals surface area contributed by atoms with Crippen molar-refractivity contribution in [2.75, 3.05) is 26.9 Å². The highest BCUT2D eigenvalue weighted by atomic mass is 16.5. The van der Waals surface area contributed by atoms with Crippen molar-refractivity contribution in [1.82, 2.24) is 5.32 Å². The van der Waals surface area contributed by atoms with Gasteiger partial charge in [0.25, 0.3) is 0 Å². The van der Waals surface area contributed by atoms with Crippen molar-refractivity contribution in [3.05, 3.63) is 0 Å². The molecule has 2 atom stereocenters. The van der Waals surface area contributed by atoms with Crippen molar-refractivity contribution >= 4 is 0 Å². The molecule has 0 aromatic rings. The highest BCUT2D eigenvalue weighted by molar-refractivity contribution is 4.93. The predicted molar refractivity (Wildman–Crippen MR) is 71.3 cm³/mol. The molecule has 1 rings (SSSR count). The first-order valence-corrected chi connectivity index (χ1v) is 7.04. The number of hydrogen-bond acceptors (Lipinski definition) is 3. The van der Waals surface area contributed by atoms with Crippen LogP contribution in [0.5, 0.6) is 0 Å². The van der Waals surface area contributed by atoms with E-state index in [1.807, 2.05) is 7.11 Å². The van der Waals surface area contributed by atoms with E-state index in [1.165, 1.54) is 6.42 Å². The maximum Gasteiger partial charge on any atom is 0.0803 e. The number of rotatable bonds is 7. The molecule has 0 saturated carbocycles. The molecule has 0 aromatic carbocycles. The number of methoxy groups -OCH3 is 1. The summed E-state index contributed by atoms with van der Waals surface area (Å²) in [5, 5.41) is 3.70. The third-order valence-electron chi connectivity index (χ3n) is 4.18. The van der Waals surface area contributed by atoms with E-state index in [4.69, 9.17) is 9.47 Å². The summed E-state index contributed by atoms with van der Waals surface area (Å²) < 4.78 is 11.3. The minimum absolute atomic E-state index is 0.0584. The average molecular weight is 243 g/mol. The molecule has 102 valence electrons. The summed E-state index contributed by atoms with van der Waals surface area (Å²) >= 11 is 0. The van der Waals surface area contributed by atoms with Gasteiger partial charge >= 0.3 is 0 Å². The minimum atomic E-state index is -0.0584. The predicted octanol–water partition coefficient (Wildman–Crippen LogP) is 2.60. The molecule has 1 fully saturated rings. The summed E-state index contributed by atoms with van der Waals surface area (Å²) in [4.78, 5) is 0. The maximum atomic E-state index is 5.80. The third kappa shape index (κ3) is 3.94. The average Bonchev–Trinajstić information content (AvgIpc) is 2.40. The van der Waals surface area contributed by atoms with Gasteiger partial charge in [-0.1, -0.05) is 13.8 Å². The SMILES string of the molecule is CCCNC(C1CCOCC1)C(C)(CC)OC. The topological polar surface area (TPSA) is 30.5 Å². The van der Waals surface area contributed by atoms with E-state index in [2.05, 4.69) is 26.1 Å². The molecule has 1 aliphatic heterocycles. The van der Waals surface area contributed by atoms with Crippen molar-refractivity contribution in [2.24, 2.45) is 5.92 Å². The van der Waals surface area contributed by atoms with Crippen LogP contribution in [0.1, 0.15) is 46.5 Å². The van der Waals surface area contributed by atoms with Crippen molar-refractivity contribution in [3.8, 4) is 0 Å². The fourth-order valence-corrected chi connectivity index (χ4v) is 2.72. The highest BCUT2D eigenvalue weighted by Crippen LogP contribution is 2.30. The lowest BCUT2D eigenvalue weighted by atomic mass is 9.79. The quantitative estimate of drug-likeness (QED) is 0.745. The Morgan fingerprint density at radius 1 is 1.35 bits per heavy atom. The Labute approximate surface area is 106 Å². The van der Waals surface area contributed by atoms with E-state index in [9.17, 15) is 0 Å². The molecule has 3 nitrogen and oxygen atoms in total. The molecule has 1 N–H and O–H groups in total. The molecule has 17 heavy (non-hydrogen) atoms. The van der Waals surface area contributed by atoms with Crippen LogP contribution in [0.15, 0.2) is 0 Å². The molecular weight excluding hydrogens is 214 g/mol. The van der Waals surface area contributed by atoms with Gasteiger partial charge in [0.15, 0.2) is 0 Å². The van der Waals surface area contributed by atoms with Crippen LogP contribution in [0, 0.1) is 5.92 Å². The molecule has 0 bridgehead atoms. The van der Waals surface area contributed by atoms with Crippen LogP contribution in [0.2, 0.25) is 0 Å². The van der Waals surface area contributed by atoms with Gasteiger partial charge < -0.3 is 14.8 Å². The standard InChI is InChI=1S/C14H29NO2/c1-5-9-15-13(14(3,6-2)16-4)12-7-10-17-11-8-12/h12-13,15H,5-11H2,1-4H3. The monoisotopic (exact) mass is 243 g/mol. The maximum absolute atomic E-state index is 5.80. The van der Waals surface area contributed by atoms with Crippen LogP contribution in [0.25, 0.3) is 0 Å². The Bertz CT molecular complexity index is 198. The van der Waals surface area contributed by atoms with Gasteiger partial charge in [-0.05, 0) is 45.1 Å². The van der Waals surface area contributed by atoms with Gasteiger partial charge in [-0.2, -0.15) is 0 Å². The van der Waals surface area contributed by atoms with Gasteiger partial charge in [-0.25, -0.2) is 0 Å². The smallest absolute Gasteiger partial charge is 0.0803 e. The largest absolute Gasteiger partial charge is 0.381 e. The molecule has 1 aliphatic rings. The van der Waals surface area contributed by atoms with Crippen LogP contribution in [0.3, 0.4) is 0 Å². The first kappa shape index (κ1) is 14.9. The van der Waals surface area contributed by atoms with E-state index in [0.717, 1.165) is 39.0 Å². The van der Waals surface area contributed by atoms with E-state index in [-0.39, 0.29) is 5.60 Å². The summed E-state index contributed by atoms with van der Waals surface area (Å²) in [5.41, 5.74) is -0.0584. The first-order chi connectivity index (χ1) is 8.18. The first-order valence-electron chi connectivity index (χ1n) is 7.04. The van der Waals surface area contributed by atoms with Crippen LogP contribution in [-0.4, -0.2) is 38.5 Å². The Morgan fingerprint density at radius 3 is 2.47 bits per heavy atom. The molecular formula is C14H29NO2. The van der Waals surface area contributed by atoms with E-state index >= 15 is 0 Å². The van der Waals surface area contributed by atoms with E-state index in [0.29, 0.717) is 12.0 Å². The van der Waals surface area contributed by atoms with Crippen molar-refractivity contribution < 1.29 is 9.47 Å². The normalized spacial score (nSPS) is 23.3. The van der Waals surface area contributed by atoms with Crippen LogP contribution in [-0.2, 0) is 9.47 Å². The lowest BCUT2D eigenvalue weighted by molar-refractivity contribution is -0.0624. The molecule has 0 radical (unpaired) electrons. The van der Waals surface area contributed by atoms with E-state index in [1.54, 1.807) is 0 Å². The molecule has 0 aliphatic carbocycles. The third-order valence-corrected chi connectivity index (χ3v) is 4.18. The number of hydrogen-bond donors (Lipinski definition) is 1. The molecule has 0 spiro atoms. The molecule has 1 heterocycles. The second-order valence-corrected chi connectivity index (χ2v) is 5.25. The molecule has 0 amide bonds. The fourth-order valence-electron chi connectivity index (χ4n) is 2.72. The Morgan fingerprint density at radius 2 is 2.00 bits per heavy atom. The van der Waals surface area contributed by atoms with Gasteiger partial charge in [0.1, 0.15) is 0 Å². The van der Waals surface area contributed by atoms with Gasteiger partial charge in [-0.15, -0.1) is 0 Å². The fraction of sp³-hybridized carbons (Fsp3) is 1.00. The summed E-state index contributed by atoms with van der Waals surface area (Å²) in [5.74, 6) is 0.681.